The molecule has 0 aliphatic carbocycles. The third-order valence-corrected chi connectivity index (χ3v) is 6.62. The number of thioether (sulfide) groups is 1. The number of nitrogens with zero attached hydrogens (tertiary/aromatic N) is 2. The molecule has 0 aromatic heterocycles. The Morgan fingerprint density at radius 1 is 1.50 bits per heavy atom. The average Bonchev–Trinajstić information content (AvgIpc) is 3.01. The van der Waals surface area contributed by atoms with Gasteiger partial charge in [-0.05, 0) is 39.0 Å². The number of carbonyl (C=O) groups is 2. The largest absolute Gasteiger partial charge is 0.381 e. The quantitative estimate of drug-likeness (QED) is 0.789. The van der Waals surface area contributed by atoms with E-state index in [1.54, 1.807) is 11.8 Å². The second-order valence-corrected chi connectivity index (χ2v) is 8.22. The van der Waals surface area contributed by atoms with E-state index >= 15 is 0 Å². The van der Waals surface area contributed by atoms with Crippen LogP contribution in [-0.2, 0) is 14.3 Å². The first kappa shape index (κ1) is 16.1. The van der Waals surface area contributed by atoms with Crippen molar-refractivity contribution in [1.82, 2.24) is 9.80 Å². The third-order valence-electron chi connectivity index (χ3n) is 5.12. The van der Waals surface area contributed by atoms with E-state index in [-0.39, 0.29) is 22.7 Å². The van der Waals surface area contributed by atoms with E-state index in [2.05, 4.69) is 6.92 Å². The number of likely N-dealkylation sites (tertiary alicyclic amines) is 1. The van der Waals surface area contributed by atoms with E-state index in [1.807, 2.05) is 16.7 Å². The van der Waals surface area contributed by atoms with Gasteiger partial charge in [-0.15, -0.1) is 11.8 Å². The summed E-state index contributed by atoms with van der Waals surface area (Å²) >= 11 is 1.77. The standard InChI is InChI=1S/C16H26N2O3S/c1-3-21-10-12-5-4-8-17(9-12)15(20)13-11-22-16(2)7-6-14(19)18(13)16/h12-13H,3-11H2,1-2H3/t12-,13-,16-/m1/s1. The van der Waals surface area contributed by atoms with E-state index in [1.165, 1.54) is 0 Å². The summed E-state index contributed by atoms with van der Waals surface area (Å²) < 4.78 is 5.52. The zero-order valence-electron chi connectivity index (χ0n) is 13.5. The Kier molecular flexibility index (Phi) is 4.69. The molecule has 3 fully saturated rings. The van der Waals surface area contributed by atoms with Gasteiger partial charge in [0.25, 0.3) is 0 Å². The number of ether oxygens (including phenoxy) is 1. The molecule has 3 aliphatic rings. The Morgan fingerprint density at radius 2 is 2.32 bits per heavy atom. The number of hydrogen-bond donors (Lipinski definition) is 0. The fourth-order valence-corrected chi connectivity index (χ4v) is 5.32. The summed E-state index contributed by atoms with van der Waals surface area (Å²) in [6, 6.07) is -0.254. The highest BCUT2D eigenvalue weighted by Crippen LogP contribution is 2.47. The minimum absolute atomic E-state index is 0.146. The second kappa shape index (κ2) is 6.40. The molecule has 0 aromatic rings. The lowest BCUT2D eigenvalue weighted by atomic mass is 9.98. The molecular formula is C16H26N2O3S. The van der Waals surface area contributed by atoms with Gasteiger partial charge < -0.3 is 14.5 Å². The van der Waals surface area contributed by atoms with Gasteiger partial charge in [0.15, 0.2) is 0 Å². The topological polar surface area (TPSA) is 49.9 Å². The fraction of sp³-hybridized carbons (Fsp3) is 0.875. The van der Waals surface area contributed by atoms with Crippen molar-refractivity contribution in [1.29, 1.82) is 0 Å². The molecule has 3 saturated heterocycles. The minimum Gasteiger partial charge on any atom is -0.381 e. The van der Waals surface area contributed by atoms with Crippen LogP contribution in [0.15, 0.2) is 0 Å². The van der Waals surface area contributed by atoms with Crippen molar-refractivity contribution in [3.05, 3.63) is 0 Å². The van der Waals surface area contributed by atoms with E-state index in [9.17, 15) is 9.59 Å². The van der Waals surface area contributed by atoms with Crippen LogP contribution in [0.1, 0.15) is 39.5 Å². The average molecular weight is 326 g/mol. The van der Waals surface area contributed by atoms with Gasteiger partial charge in [0.05, 0.1) is 11.5 Å². The van der Waals surface area contributed by atoms with Crippen LogP contribution in [0.3, 0.4) is 0 Å². The van der Waals surface area contributed by atoms with Crippen molar-refractivity contribution < 1.29 is 14.3 Å². The van der Waals surface area contributed by atoms with Crippen molar-refractivity contribution in [2.75, 3.05) is 32.1 Å². The van der Waals surface area contributed by atoms with Gasteiger partial charge in [-0.25, -0.2) is 0 Å². The first-order valence-electron chi connectivity index (χ1n) is 8.38. The second-order valence-electron chi connectivity index (χ2n) is 6.72. The van der Waals surface area contributed by atoms with Crippen LogP contribution < -0.4 is 0 Å². The maximum absolute atomic E-state index is 12.9. The summed E-state index contributed by atoms with van der Waals surface area (Å²) in [6.45, 7) is 7.16. The molecule has 0 saturated carbocycles. The first-order chi connectivity index (χ1) is 10.5. The number of carbonyl (C=O) groups excluding carboxylic acids is 2. The van der Waals surface area contributed by atoms with Crippen LogP contribution in [0.5, 0.6) is 0 Å². The molecule has 0 unspecified atom stereocenters. The fourth-order valence-electron chi connectivity index (χ4n) is 3.90. The maximum atomic E-state index is 12.9. The van der Waals surface area contributed by atoms with E-state index in [0.717, 1.165) is 51.3 Å². The molecule has 0 spiro atoms. The Labute approximate surface area is 136 Å². The summed E-state index contributed by atoms with van der Waals surface area (Å²) in [5.41, 5.74) is 0. The van der Waals surface area contributed by atoms with Crippen molar-refractivity contribution in [2.45, 2.75) is 50.4 Å². The van der Waals surface area contributed by atoms with Crippen LogP contribution in [0, 0.1) is 5.92 Å². The number of piperidine rings is 1. The number of rotatable bonds is 4. The van der Waals surface area contributed by atoms with Crippen molar-refractivity contribution >= 4 is 23.6 Å². The lowest BCUT2D eigenvalue weighted by Gasteiger charge is -2.37. The van der Waals surface area contributed by atoms with Gasteiger partial charge in [0.2, 0.25) is 11.8 Å². The number of fused-ring (bicyclic) bond motifs is 1. The minimum atomic E-state index is -0.254. The maximum Gasteiger partial charge on any atom is 0.246 e. The molecule has 5 nitrogen and oxygen atoms in total. The number of hydrogen-bond acceptors (Lipinski definition) is 4. The zero-order chi connectivity index (χ0) is 15.7. The molecule has 0 aromatic carbocycles. The van der Waals surface area contributed by atoms with Crippen LogP contribution in [0.4, 0.5) is 0 Å². The van der Waals surface area contributed by atoms with Gasteiger partial charge in [0, 0.05) is 31.9 Å². The molecule has 3 rings (SSSR count). The zero-order valence-corrected chi connectivity index (χ0v) is 14.4. The first-order valence-corrected chi connectivity index (χ1v) is 9.36. The third kappa shape index (κ3) is 2.87. The van der Waals surface area contributed by atoms with Crippen LogP contribution in [-0.4, -0.2) is 64.6 Å². The highest BCUT2D eigenvalue weighted by Gasteiger charge is 2.53. The molecule has 2 amide bonds. The molecule has 124 valence electrons. The lowest BCUT2D eigenvalue weighted by Crippen LogP contribution is -2.53. The Hall–Kier alpha value is -0.750. The summed E-state index contributed by atoms with van der Waals surface area (Å²) in [6.07, 6.45) is 3.62. The molecule has 3 heterocycles. The van der Waals surface area contributed by atoms with Gasteiger partial charge >= 0.3 is 0 Å². The number of amides is 2. The Morgan fingerprint density at radius 3 is 3.09 bits per heavy atom. The van der Waals surface area contributed by atoms with E-state index < -0.39 is 0 Å². The van der Waals surface area contributed by atoms with Crippen molar-refractivity contribution in [3.63, 3.8) is 0 Å². The highest BCUT2D eigenvalue weighted by molar-refractivity contribution is 8.01. The molecule has 0 N–H and O–H groups in total. The molecule has 3 atom stereocenters. The summed E-state index contributed by atoms with van der Waals surface area (Å²) in [4.78, 5) is 28.8. The van der Waals surface area contributed by atoms with E-state index in [0.29, 0.717) is 12.3 Å². The Bertz CT molecular complexity index is 459. The van der Waals surface area contributed by atoms with Crippen molar-refractivity contribution in [3.8, 4) is 0 Å². The van der Waals surface area contributed by atoms with Crippen LogP contribution in [0.2, 0.25) is 0 Å². The normalized spacial score (nSPS) is 35.1. The summed E-state index contributed by atoms with van der Waals surface area (Å²) in [7, 11) is 0. The summed E-state index contributed by atoms with van der Waals surface area (Å²) in [5.74, 6) is 1.47. The lowest BCUT2D eigenvalue weighted by molar-refractivity contribution is -0.145. The predicted octanol–water partition coefficient (Wildman–Crippen LogP) is 1.72. The Balaban J connectivity index is 1.65. The molecule has 0 radical (unpaired) electrons. The molecule has 22 heavy (non-hydrogen) atoms. The molecule has 6 heteroatoms. The molecule has 0 bridgehead atoms. The highest BCUT2D eigenvalue weighted by atomic mass is 32.2. The summed E-state index contributed by atoms with van der Waals surface area (Å²) in [5, 5.41) is 0. The van der Waals surface area contributed by atoms with Gasteiger partial charge in [-0.3, -0.25) is 9.59 Å². The van der Waals surface area contributed by atoms with Crippen LogP contribution in [0.25, 0.3) is 0 Å². The van der Waals surface area contributed by atoms with Crippen molar-refractivity contribution in [2.24, 2.45) is 5.92 Å². The van der Waals surface area contributed by atoms with Gasteiger partial charge in [-0.1, -0.05) is 0 Å². The molecule has 3 aliphatic heterocycles. The van der Waals surface area contributed by atoms with Gasteiger partial charge in [-0.2, -0.15) is 0 Å². The molecular weight excluding hydrogens is 300 g/mol. The van der Waals surface area contributed by atoms with E-state index in [4.69, 9.17) is 4.74 Å². The van der Waals surface area contributed by atoms with Gasteiger partial charge in [0.1, 0.15) is 6.04 Å². The monoisotopic (exact) mass is 326 g/mol. The SMILES string of the molecule is CCOC[C@@H]1CCCN(C(=O)[C@H]2CS[C@]3(C)CCC(=O)N23)C1. The smallest absolute Gasteiger partial charge is 0.246 e. The van der Waals surface area contributed by atoms with Crippen LogP contribution >= 0.6 is 11.8 Å². The predicted molar refractivity (Wildman–Crippen MR) is 86.5 cm³/mol.